The van der Waals surface area contributed by atoms with Gasteiger partial charge in [-0.25, -0.2) is 4.79 Å². The lowest BCUT2D eigenvalue weighted by molar-refractivity contribution is 0.0423. The normalized spacial score (nSPS) is 12.4. The van der Waals surface area contributed by atoms with Crippen molar-refractivity contribution in [1.82, 2.24) is 0 Å². The molecule has 1 atom stereocenters. The van der Waals surface area contributed by atoms with E-state index in [4.69, 9.17) is 9.84 Å². The average molecular weight is 244 g/mol. The van der Waals surface area contributed by atoms with E-state index in [0.717, 1.165) is 38.5 Å². The highest BCUT2D eigenvalue weighted by molar-refractivity contribution is 5.57. The summed E-state index contributed by atoms with van der Waals surface area (Å²) in [5, 5.41) is 8.66. The number of rotatable bonds is 11. The zero-order valence-corrected chi connectivity index (χ0v) is 11.4. The Morgan fingerprint density at radius 3 is 1.94 bits per heavy atom. The molecule has 0 fully saturated rings. The van der Waals surface area contributed by atoms with Gasteiger partial charge < -0.3 is 9.84 Å². The molecule has 0 aliphatic heterocycles. The summed E-state index contributed by atoms with van der Waals surface area (Å²) in [5.74, 6) is 0. The van der Waals surface area contributed by atoms with Crippen molar-refractivity contribution in [2.45, 2.75) is 84.2 Å². The lowest BCUT2D eigenvalue weighted by Crippen LogP contribution is -2.16. The molecular formula is C14H28O3. The minimum absolute atomic E-state index is 0.0827. The Morgan fingerprint density at radius 1 is 0.941 bits per heavy atom. The van der Waals surface area contributed by atoms with E-state index >= 15 is 0 Å². The van der Waals surface area contributed by atoms with E-state index in [2.05, 4.69) is 13.8 Å². The molecule has 17 heavy (non-hydrogen) atoms. The fourth-order valence-electron chi connectivity index (χ4n) is 2.00. The van der Waals surface area contributed by atoms with Crippen LogP contribution < -0.4 is 0 Å². The molecule has 1 unspecified atom stereocenters. The number of ether oxygens (including phenoxy) is 1. The maximum absolute atomic E-state index is 10.6. The molecule has 1 N–H and O–H groups in total. The summed E-state index contributed by atoms with van der Waals surface area (Å²) in [7, 11) is 0. The third kappa shape index (κ3) is 11.5. The average Bonchev–Trinajstić information content (AvgIpc) is 2.28. The zero-order valence-electron chi connectivity index (χ0n) is 11.4. The second kappa shape index (κ2) is 11.7. The Morgan fingerprint density at radius 2 is 1.41 bits per heavy atom. The van der Waals surface area contributed by atoms with E-state index < -0.39 is 6.16 Å². The predicted octanol–water partition coefficient (Wildman–Crippen LogP) is 4.99. The number of unbranched alkanes of at least 4 members (excludes halogenated alkanes) is 6. The molecule has 0 aliphatic carbocycles. The van der Waals surface area contributed by atoms with E-state index in [9.17, 15) is 4.79 Å². The van der Waals surface area contributed by atoms with Gasteiger partial charge in [-0.3, -0.25) is 0 Å². The Kier molecular flexibility index (Phi) is 11.2. The van der Waals surface area contributed by atoms with Crippen LogP contribution >= 0.6 is 0 Å². The molecule has 0 aliphatic rings. The number of hydrogen-bond donors (Lipinski definition) is 1. The van der Waals surface area contributed by atoms with Crippen molar-refractivity contribution in [3.63, 3.8) is 0 Å². The highest BCUT2D eigenvalue weighted by Gasteiger charge is 2.12. The molecule has 0 bridgehead atoms. The van der Waals surface area contributed by atoms with Crippen LogP contribution in [-0.4, -0.2) is 17.4 Å². The van der Waals surface area contributed by atoms with Crippen LogP contribution in [0.5, 0.6) is 0 Å². The van der Waals surface area contributed by atoms with Gasteiger partial charge in [0.15, 0.2) is 0 Å². The first-order valence-corrected chi connectivity index (χ1v) is 7.10. The van der Waals surface area contributed by atoms with Crippen LogP contribution in [0.25, 0.3) is 0 Å². The molecule has 3 heteroatoms. The predicted molar refractivity (Wildman–Crippen MR) is 70.4 cm³/mol. The summed E-state index contributed by atoms with van der Waals surface area (Å²) in [6.45, 7) is 4.35. The third-order valence-electron chi connectivity index (χ3n) is 3.03. The lowest BCUT2D eigenvalue weighted by atomic mass is 10.0. The molecule has 0 saturated heterocycles. The first kappa shape index (κ1) is 16.3. The Hall–Kier alpha value is -0.730. The molecule has 0 aromatic heterocycles. The van der Waals surface area contributed by atoms with E-state index in [1.54, 1.807) is 0 Å². The number of hydrogen-bond acceptors (Lipinski definition) is 2. The Balaban J connectivity index is 3.65. The van der Waals surface area contributed by atoms with Gasteiger partial charge in [0.2, 0.25) is 0 Å². The van der Waals surface area contributed by atoms with Crippen molar-refractivity contribution in [3.8, 4) is 0 Å². The summed E-state index contributed by atoms with van der Waals surface area (Å²) in [6.07, 6.45) is 10.0. The van der Waals surface area contributed by atoms with Crippen LogP contribution in [0.2, 0.25) is 0 Å². The summed E-state index contributed by atoms with van der Waals surface area (Å²) >= 11 is 0. The topological polar surface area (TPSA) is 46.5 Å². The number of carbonyl (C=O) groups is 1. The maximum Gasteiger partial charge on any atom is 0.506 e. The van der Waals surface area contributed by atoms with Gasteiger partial charge in [-0.2, -0.15) is 0 Å². The molecule has 0 rings (SSSR count). The molecule has 0 radical (unpaired) electrons. The first-order valence-electron chi connectivity index (χ1n) is 7.10. The van der Waals surface area contributed by atoms with Gasteiger partial charge in [0.1, 0.15) is 6.10 Å². The highest BCUT2D eigenvalue weighted by Crippen LogP contribution is 2.15. The van der Waals surface area contributed by atoms with Crippen LogP contribution in [0, 0.1) is 0 Å². The number of carboxylic acid groups (broad SMARTS) is 1. The van der Waals surface area contributed by atoms with Crippen molar-refractivity contribution in [2.24, 2.45) is 0 Å². The second-order valence-electron chi connectivity index (χ2n) is 4.70. The van der Waals surface area contributed by atoms with Gasteiger partial charge >= 0.3 is 6.16 Å². The molecule has 0 amide bonds. The van der Waals surface area contributed by atoms with Crippen molar-refractivity contribution >= 4 is 6.16 Å². The minimum Gasteiger partial charge on any atom is -0.450 e. The Labute approximate surface area is 106 Å². The molecule has 0 aromatic rings. The van der Waals surface area contributed by atoms with Crippen LogP contribution in [0.1, 0.15) is 78.1 Å². The second-order valence-corrected chi connectivity index (χ2v) is 4.70. The molecule has 3 nitrogen and oxygen atoms in total. The van der Waals surface area contributed by atoms with E-state index in [1.165, 1.54) is 25.7 Å². The Bertz CT molecular complexity index is 180. The van der Waals surface area contributed by atoms with E-state index in [0.29, 0.717) is 0 Å². The van der Waals surface area contributed by atoms with Gasteiger partial charge in [-0.05, 0) is 25.7 Å². The fraction of sp³-hybridized carbons (Fsp3) is 0.929. The summed E-state index contributed by atoms with van der Waals surface area (Å²) in [5.41, 5.74) is 0. The molecule has 102 valence electrons. The van der Waals surface area contributed by atoms with E-state index in [1.807, 2.05) is 0 Å². The summed E-state index contributed by atoms with van der Waals surface area (Å²) in [4.78, 5) is 10.6. The minimum atomic E-state index is -1.12. The first-order chi connectivity index (χ1) is 8.20. The van der Waals surface area contributed by atoms with Crippen LogP contribution in [0.15, 0.2) is 0 Å². The fourth-order valence-corrected chi connectivity index (χ4v) is 2.00. The van der Waals surface area contributed by atoms with Crippen molar-refractivity contribution in [2.75, 3.05) is 0 Å². The van der Waals surface area contributed by atoms with Crippen molar-refractivity contribution in [1.29, 1.82) is 0 Å². The lowest BCUT2D eigenvalue weighted by Gasteiger charge is -2.15. The van der Waals surface area contributed by atoms with Crippen LogP contribution in [0.3, 0.4) is 0 Å². The SMILES string of the molecule is CCCCCCCC(CCCCC)OC(=O)O. The maximum atomic E-state index is 10.6. The van der Waals surface area contributed by atoms with E-state index in [-0.39, 0.29) is 6.10 Å². The van der Waals surface area contributed by atoms with Crippen LogP contribution in [-0.2, 0) is 4.74 Å². The quantitative estimate of drug-likeness (QED) is 0.411. The molecule has 0 heterocycles. The summed E-state index contributed by atoms with van der Waals surface area (Å²) < 4.78 is 4.92. The summed E-state index contributed by atoms with van der Waals surface area (Å²) in [6, 6.07) is 0. The van der Waals surface area contributed by atoms with Gasteiger partial charge in [-0.15, -0.1) is 0 Å². The molecule has 0 saturated carbocycles. The molecule has 0 spiro atoms. The molecular weight excluding hydrogens is 216 g/mol. The highest BCUT2D eigenvalue weighted by atomic mass is 16.7. The van der Waals surface area contributed by atoms with Crippen molar-refractivity contribution in [3.05, 3.63) is 0 Å². The van der Waals surface area contributed by atoms with Crippen LogP contribution in [0.4, 0.5) is 4.79 Å². The largest absolute Gasteiger partial charge is 0.506 e. The smallest absolute Gasteiger partial charge is 0.450 e. The van der Waals surface area contributed by atoms with Crippen molar-refractivity contribution < 1.29 is 14.6 Å². The molecule has 0 aromatic carbocycles. The van der Waals surface area contributed by atoms with Gasteiger partial charge in [-0.1, -0.05) is 52.4 Å². The van der Waals surface area contributed by atoms with Gasteiger partial charge in [0.25, 0.3) is 0 Å². The van der Waals surface area contributed by atoms with Gasteiger partial charge in [0.05, 0.1) is 0 Å². The third-order valence-corrected chi connectivity index (χ3v) is 3.03. The standard InChI is InChI=1S/C14H28O3/c1-3-5-7-8-10-12-13(17-14(15)16)11-9-6-4-2/h13H,3-12H2,1-2H3,(H,15,16). The monoisotopic (exact) mass is 244 g/mol. The van der Waals surface area contributed by atoms with Gasteiger partial charge in [0, 0.05) is 0 Å². The zero-order chi connectivity index (χ0) is 12.9.